The van der Waals surface area contributed by atoms with Crippen LogP contribution < -0.4 is 21.3 Å². The molecule has 0 saturated heterocycles. The van der Waals surface area contributed by atoms with Gasteiger partial charge < -0.3 is 20.1 Å². The molecule has 3 aromatic heterocycles. The molecule has 0 atom stereocenters. The van der Waals surface area contributed by atoms with E-state index in [-0.39, 0.29) is 35.0 Å². The van der Waals surface area contributed by atoms with Gasteiger partial charge in [0.15, 0.2) is 28.7 Å². The number of nitrogens with zero attached hydrogens (tertiary/aromatic N) is 5. The Morgan fingerprint density at radius 3 is 2.56 bits per heavy atom. The van der Waals surface area contributed by atoms with Gasteiger partial charge in [-0.2, -0.15) is 5.10 Å². The number of rotatable bonds is 9. The molecule has 0 aliphatic rings. The second-order valence-electron chi connectivity index (χ2n) is 8.44. The standard InChI is InChI=1S/C24H29N7O5/c1-5-9-30-22-20(23(34)31(10-6-2)24(30)35)26-21(27-22)15-13-18(28-29(15)3)25-19(33)12-14-7-8-16(32)17(11-14)36-4/h7-8,11,13,32H,5-6,9-10,12H2,1-4H3,(H,26,27)(H,25,28,33). The Bertz CT molecular complexity index is 1540. The number of phenolic OH excluding ortho intramolecular Hbond substituents is 1. The van der Waals surface area contributed by atoms with Crippen molar-refractivity contribution in [2.45, 2.75) is 46.2 Å². The Labute approximate surface area is 206 Å². The Hall–Kier alpha value is -4.35. The zero-order chi connectivity index (χ0) is 26.0. The Morgan fingerprint density at radius 2 is 1.86 bits per heavy atom. The maximum absolute atomic E-state index is 13.0. The van der Waals surface area contributed by atoms with Crippen molar-refractivity contribution in [1.29, 1.82) is 0 Å². The molecule has 4 aromatic rings. The van der Waals surface area contributed by atoms with Crippen molar-refractivity contribution >= 4 is 22.9 Å². The van der Waals surface area contributed by atoms with Crippen LogP contribution in [0.5, 0.6) is 11.5 Å². The zero-order valence-corrected chi connectivity index (χ0v) is 20.7. The summed E-state index contributed by atoms with van der Waals surface area (Å²) in [6, 6.07) is 6.33. The maximum atomic E-state index is 13.0. The number of methoxy groups -OCH3 is 1. The minimum absolute atomic E-state index is 0.00679. The van der Waals surface area contributed by atoms with Gasteiger partial charge in [0.05, 0.1) is 13.5 Å². The summed E-state index contributed by atoms with van der Waals surface area (Å²) in [6.07, 6.45) is 1.40. The summed E-state index contributed by atoms with van der Waals surface area (Å²) in [7, 11) is 3.13. The fourth-order valence-electron chi connectivity index (χ4n) is 4.09. The molecular weight excluding hydrogens is 466 g/mol. The Kier molecular flexibility index (Phi) is 6.95. The van der Waals surface area contributed by atoms with Crippen molar-refractivity contribution in [1.82, 2.24) is 28.9 Å². The first-order valence-corrected chi connectivity index (χ1v) is 11.7. The smallest absolute Gasteiger partial charge is 0.332 e. The average Bonchev–Trinajstić information content (AvgIpc) is 3.44. The minimum Gasteiger partial charge on any atom is -0.504 e. The van der Waals surface area contributed by atoms with Crippen LogP contribution in [0.2, 0.25) is 0 Å². The van der Waals surface area contributed by atoms with Gasteiger partial charge in [0.1, 0.15) is 11.3 Å². The van der Waals surface area contributed by atoms with Crippen molar-refractivity contribution < 1.29 is 14.6 Å². The topological polar surface area (TPSA) is 149 Å². The number of aromatic amines is 1. The molecule has 0 aliphatic heterocycles. The number of H-pyrrole nitrogens is 1. The summed E-state index contributed by atoms with van der Waals surface area (Å²) in [6.45, 7) is 4.61. The highest BCUT2D eigenvalue weighted by atomic mass is 16.5. The van der Waals surface area contributed by atoms with E-state index in [9.17, 15) is 19.5 Å². The van der Waals surface area contributed by atoms with Gasteiger partial charge in [0.2, 0.25) is 5.91 Å². The van der Waals surface area contributed by atoms with Crippen LogP contribution in [0.25, 0.3) is 22.7 Å². The molecule has 0 saturated carbocycles. The summed E-state index contributed by atoms with van der Waals surface area (Å²) in [5.74, 6) is 0.631. The SMILES string of the molecule is CCCn1c(=O)c2nc(-c3cc(NC(=O)Cc4ccc(O)c(OC)c4)nn3C)[nH]c2n(CCC)c1=O. The third-order valence-electron chi connectivity index (χ3n) is 5.76. The summed E-state index contributed by atoms with van der Waals surface area (Å²) in [5.41, 5.74) is 0.932. The molecular formula is C24H29N7O5. The van der Waals surface area contributed by atoms with Crippen molar-refractivity contribution in [3.05, 3.63) is 50.7 Å². The van der Waals surface area contributed by atoms with Crippen LogP contribution in [0.1, 0.15) is 32.3 Å². The number of hydrogen-bond acceptors (Lipinski definition) is 7. The van der Waals surface area contributed by atoms with Crippen molar-refractivity contribution in [3.63, 3.8) is 0 Å². The first kappa shape index (κ1) is 24.8. The number of aryl methyl sites for hydroxylation is 2. The quantitative estimate of drug-likeness (QED) is 0.321. The van der Waals surface area contributed by atoms with Gasteiger partial charge >= 0.3 is 5.69 Å². The molecule has 0 spiro atoms. The second kappa shape index (κ2) is 10.1. The highest BCUT2D eigenvalue weighted by molar-refractivity contribution is 5.92. The number of carbonyl (C=O) groups is 1. The second-order valence-corrected chi connectivity index (χ2v) is 8.44. The van der Waals surface area contributed by atoms with Crippen molar-refractivity contribution in [3.8, 4) is 23.0 Å². The lowest BCUT2D eigenvalue weighted by atomic mass is 10.1. The molecule has 12 nitrogen and oxygen atoms in total. The van der Waals surface area contributed by atoms with Gasteiger partial charge in [-0.3, -0.25) is 23.4 Å². The molecule has 0 aliphatic carbocycles. The Morgan fingerprint density at radius 1 is 1.14 bits per heavy atom. The van der Waals surface area contributed by atoms with Crippen molar-refractivity contribution in [2.24, 2.45) is 7.05 Å². The summed E-state index contributed by atoms with van der Waals surface area (Å²) in [4.78, 5) is 46.1. The molecule has 0 bridgehead atoms. The summed E-state index contributed by atoms with van der Waals surface area (Å²) < 4.78 is 9.37. The first-order chi connectivity index (χ1) is 17.3. The Balaban J connectivity index is 1.64. The number of phenols is 1. The molecule has 0 fully saturated rings. The summed E-state index contributed by atoms with van der Waals surface area (Å²) >= 11 is 0. The number of ether oxygens (including phenoxy) is 1. The average molecular weight is 496 g/mol. The molecule has 0 radical (unpaired) electrons. The van der Waals surface area contributed by atoms with Crippen LogP contribution >= 0.6 is 0 Å². The molecule has 190 valence electrons. The molecule has 3 heterocycles. The van der Waals surface area contributed by atoms with Gasteiger partial charge in [-0.25, -0.2) is 9.78 Å². The highest BCUT2D eigenvalue weighted by Gasteiger charge is 2.20. The number of imidazole rings is 1. The number of fused-ring (bicyclic) bond motifs is 1. The van der Waals surface area contributed by atoms with Crippen LogP contribution in [0, 0.1) is 0 Å². The number of amides is 1. The van der Waals surface area contributed by atoms with E-state index < -0.39 is 5.56 Å². The number of aromatic nitrogens is 6. The first-order valence-electron chi connectivity index (χ1n) is 11.7. The monoisotopic (exact) mass is 495 g/mol. The lowest BCUT2D eigenvalue weighted by Gasteiger charge is -2.09. The lowest BCUT2D eigenvalue weighted by Crippen LogP contribution is -2.40. The van der Waals surface area contributed by atoms with E-state index in [1.54, 1.807) is 25.2 Å². The van der Waals surface area contributed by atoms with Crippen LogP contribution in [0.3, 0.4) is 0 Å². The number of hydrogen-bond donors (Lipinski definition) is 3. The number of anilines is 1. The highest BCUT2D eigenvalue weighted by Crippen LogP contribution is 2.27. The number of carbonyl (C=O) groups excluding carboxylic acids is 1. The van der Waals surface area contributed by atoms with Crippen LogP contribution in [-0.2, 0) is 31.4 Å². The number of nitrogens with one attached hydrogen (secondary N) is 2. The maximum Gasteiger partial charge on any atom is 0.332 e. The van der Waals surface area contributed by atoms with Crippen molar-refractivity contribution in [2.75, 3.05) is 12.4 Å². The van der Waals surface area contributed by atoms with Crippen LogP contribution in [0.15, 0.2) is 33.9 Å². The number of aromatic hydroxyl groups is 1. The normalized spacial score (nSPS) is 11.2. The van der Waals surface area contributed by atoms with Gasteiger partial charge in [-0.15, -0.1) is 0 Å². The molecule has 3 N–H and O–H groups in total. The zero-order valence-electron chi connectivity index (χ0n) is 20.7. The predicted molar refractivity (Wildman–Crippen MR) is 134 cm³/mol. The van der Waals surface area contributed by atoms with Gasteiger partial charge in [-0.1, -0.05) is 19.9 Å². The van der Waals surface area contributed by atoms with Gasteiger partial charge in [0.25, 0.3) is 5.56 Å². The van der Waals surface area contributed by atoms with E-state index in [2.05, 4.69) is 20.4 Å². The largest absolute Gasteiger partial charge is 0.504 e. The van der Waals surface area contributed by atoms with E-state index >= 15 is 0 Å². The van der Waals surface area contributed by atoms with E-state index in [4.69, 9.17) is 4.74 Å². The third-order valence-corrected chi connectivity index (χ3v) is 5.76. The van der Waals surface area contributed by atoms with Crippen LogP contribution in [-0.4, -0.2) is 47.0 Å². The third kappa shape index (κ3) is 4.61. The number of benzene rings is 1. The van der Waals surface area contributed by atoms with E-state index in [0.29, 0.717) is 54.5 Å². The molecule has 36 heavy (non-hydrogen) atoms. The fourth-order valence-corrected chi connectivity index (χ4v) is 4.09. The minimum atomic E-state index is -0.438. The van der Waals surface area contributed by atoms with E-state index in [1.165, 1.54) is 27.0 Å². The summed E-state index contributed by atoms with van der Waals surface area (Å²) in [5, 5.41) is 16.8. The van der Waals surface area contributed by atoms with E-state index in [0.717, 1.165) is 0 Å². The predicted octanol–water partition coefficient (Wildman–Crippen LogP) is 2.00. The molecule has 4 rings (SSSR count). The molecule has 12 heteroatoms. The molecule has 0 unspecified atom stereocenters. The fraction of sp³-hybridized carbons (Fsp3) is 0.375. The molecule has 1 aromatic carbocycles. The lowest BCUT2D eigenvalue weighted by molar-refractivity contribution is -0.115. The van der Waals surface area contributed by atoms with Gasteiger partial charge in [-0.05, 0) is 30.5 Å². The molecule has 1 amide bonds. The van der Waals surface area contributed by atoms with Gasteiger partial charge in [0, 0.05) is 26.2 Å². The van der Waals surface area contributed by atoms with E-state index in [1.807, 2.05) is 13.8 Å². The van der Waals surface area contributed by atoms with Crippen LogP contribution in [0.4, 0.5) is 5.82 Å².